The Bertz CT molecular complexity index is 570. The summed E-state index contributed by atoms with van der Waals surface area (Å²) in [6, 6.07) is 7.55. The van der Waals surface area contributed by atoms with Crippen molar-refractivity contribution in [2.75, 3.05) is 39.5 Å². The van der Waals surface area contributed by atoms with Gasteiger partial charge in [-0.05, 0) is 31.0 Å². The van der Waals surface area contributed by atoms with Crippen LogP contribution in [0.5, 0.6) is 5.75 Å². The molecule has 0 atom stereocenters. The first-order valence-corrected chi connectivity index (χ1v) is 9.95. The van der Waals surface area contributed by atoms with Crippen molar-refractivity contribution in [1.82, 2.24) is 10.2 Å². The van der Waals surface area contributed by atoms with Crippen LogP contribution in [0, 0.1) is 0 Å². The number of morpholine rings is 1. The fourth-order valence-corrected chi connectivity index (χ4v) is 4.25. The Morgan fingerprint density at radius 3 is 2.72 bits per heavy atom. The first-order chi connectivity index (χ1) is 12.2. The van der Waals surface area contributed by atoms with E-state index in [0.29, 0.717) is 12.3 Å². The van der Waals surface area contributed by atoms with Crippen molar-refractivity contribution in [3.8, 4) is 5.75 Å². The average Bonchev–Trinajstić information content (AvgIpc) is 2.66. The summed E-state index contributed by atoms with van der Waals surface area (Å²) in [5, 5.41) is 3.12. The van der Waals surface area contributed by atoms with E-state index in [-0.39, 0.29) is 18.1 Å². The molecule has 0 unspecified atom stereocenters. The van der Waals surface area contributed by atoms with Gasteiger partial charge < -0.3 is 14.8 Å². The predicted molar refractivity (Wildman–Crippen MR) is 101 cm³/mol. The van der Waals surface area contributed by atoms with Crippen molar-refractivity contribution in [2.24, 2.45) is 0 Å². The van der Waals surface area contributed by atoms with Crippen LogP contribution < -0.4 is 10.1 Å². The van der Waals surface area contributed by atoms with Gasteiger partial charge in [0, 0.05) is 29.6 Å². The van der Waals surface area contributed by atoms with Gasteiger partial charge in [0.05, 0.1) is 13.2 Å². The van der Waals surface area contributed by atoms with Gasteiger partial charge in [-0.1, -0.05) is 41.3 Å². The van der Waals surface area contributed by atoms with Crippen LogP contribution >= 0.6 is 15.9 Å². The molecule has 0 aromatic heterocycles. The molecule has 1 aliphatic heterocycles. The van der Waals surface area contributed by atoms with Crippen molar-refractivity contribution < 1.29 is 14.3 Å². The number of benzene rings is 1. The van der Waals surface area contributed by atoms with Crippen LogP contribution in [0.1, 0.15) is 32.1 Å². The zero-order valence-electron chi connectivity index (χ0n) is 14.6. The maximum Gasteiger partial charge on any atom is 0.258 e. The van der Waals surface area contributed by atoms with Gasteiger partial charge in [0.25, 0.3) is 5.91 Å². The second kappa shape index (κ2) is 9.01. The summed E-state index contributed by atoms with van der Waals surface area (Å²) in [6.07, 6.45) is 6.08. The van der Waals surface area contributed by atoms with Crippen molar-refractivity contribution in [3.05, 3.63) is 28.7 Å². The van der Waals surface area contributed by atoms with E-state index in [4.69, 9.17) is 9.47 Å². The highest BCUT2D eigenvalue weighted by Gasteiger charge is 2.38. The van der Waals surface area contributed by atoms with Crippen LogP contribution in [-0.2, 0) is 9.53 Å². The summed E-state index contributed by atoms with van der Waals surface area (Å²) >= 11 is 3.41. The van der Waals surface area contributed by atoms with Gasteiger partial charge in [0.1, 0.15) is 5.75 Å². The van der Waals surface area contributed by atoms with Crippen LogP contribution in [0.25, 0.3) is 0 Å². The molecule has 2 aliphatic rings. The third-order valence-corrected chi connectivity index (χ3v) is 5.74. The molecule has 0 spiro atoms. The molecular formula is C19H27BrN2O3. The molecule has 5 nitrogen and oxygen atoms in total. The number of nitrogens with one attached hydrogen (secondary N) is 1. The Hall–Kier alpha value is -1.11. The molecule has 1 heterocycles. The lowest BCUT2D eigenvalue weighted by molar-refractivity contribution is -0.124. The summed E-state index contributed by atoms with van der Waals surface area (Å²) in [5.41, 5.74) is 0.0907. The smallest absolute Gasteiger partial charge is 0.258 e. The SMILES string of the molecule is O=C(COc1cccc(Br)c1)NCC1(N2CCOCC2)CCCCC1. The minimum Gasteiger partial charge on any atom is -0.484 e. The van der Waals surface area contributed by atoms with Crippen molar-refractivity contribution in [1.29, 1.82) is 0 Å². The van der Waals surface area contributed by atoms with Crippen molar-refractivity contribution >= 4 is 21.8 Å². The Balaban J connectivity index is 1.52. The molecule has 1 amide bonds. The minimum absolute atomic E-state index is 0.0512. The minimum atomic E-state index is -0.0572. The maximum atomic E-state index is 12.3. The third kappa shape index (κ3) is 5.19. The largest absolute Gasteiger partial charge is 0.484 e. The van der Waals surface area contributed by atoms with Crippen molar-refractivity contribution in [2.45, 2.75) is 37.6 Å². The lowest BCUT2D eigenvalue weighted by atomic mass is 9.79. The maximum absolute atomic E-state index is 12.3. The van der Waals surface area contributed by atoms with E-state index in [9.17, 15) is 4.79 Å². The molecule has 2 fully saturated rings. The van der Waals surface area contributed by atoms with Gasteiger partial charge in [-0.3, -0.25) is 9.69 Å². The van der Waals surface area contributed by atoms with Gasteiger partial charge >= 0.3 is 0 Å². The van der Waals surface area contributed by atoms with Crippen LogP contribution in [0.3, 0.4) is 0 Å². The number of carbonyl (C=O) groups excluding carboxylic acids is 1. The van der Waals surface area contributed by atoms with Gasteiger partial charge in [0.2, 0.25) is 0 Å². The van der Waals surface area contributed by atoms with E-state index < -0.39 is 0 Å². The Morgan fingerprint density at radius 2 is 2.00 bits per heavy atom. The zero-order valence-corrected chi connectivity index (χ0v) is 16.2. The quantitative estimate of drug-likeness (QED) is 0.782. The van der Waals surface area contributed by atoms with Gasteiger partial charge in [-0.2, -0.15) is 0 Å². The Labute approximate surface area is 158 Å². The van der Waals surface area contributed by atoms with Crippen LogP contribution in [0.2, 0.25) is 0 Å². The summed E-state index contributed by atoms with van der Waals surface area (Å²) in [6.45, 7) is 4.27. The van der Waals surface area contributed by atoms with E-state index in [1.165, 1.54) is 19.3 Å². The number of ether oxygens (including phenoxy) is 2. The number of nitrogens with zero attached hydrogens (tertiary/aromatic N) is 1. The fraction of sp³-hybridized carbons (Fsp3) is 0.632. The molecule has 1 aliphatic carbocycles. The molecule has 6 heteroatoms. The van der Waals surface area contributed by atoms with Crippen LogP contribution in [-0.4, -0.2) is 55.8 Å². The summed E-state index contributed by atoms with van der Waals surface area (Å²) in [4.78, 5) is 14.8. The fourth-order valence-electron chi connectivity index (χ4n) is 3.87. The van der Waals surface area contributed by atoms with Crippen molar-refractivity contribution in [3.63, 3.8) is 0 Å². The number of carbonyl (C=O) groups is 1. The molecule has 0 bridgehead atoms. The first kappa shape index (κ1) is 18.7. The standard InChI is InChI=1S/C19H27BrN2O3/c20-16-5-4-6-17(13-16)25-14-18(23)21-15-19(7-2-1-3-8-19)22-9-11-24-12-10-22/h4-6,13H,1-3,7-12,14-15H2,(H,21,23). The van der Waals surface area contributed by atoms with Gasteiger partial charge in [-0.25, -0.2) is 0 Å². The lowest BCUT2D eigenvalue weighted by Gasteiger charge is -2.48. The van der Waals surface area contributed by atoms with E-state index in [0.717, 1.165) is 43.6 Å². The van der Waals surface area contributed by atoms with Gasteiger partial charge in [0.15, 0.2) is 6.61 Å². The summed E-state index contributed by atoms with van der Waals surface area (Å²) in [7, 11) is 0. The molecule has 138 valence electrons. The molecule has 1 saturated heterocycles. The highest BCUT2D eigenvalue weighted by atomic mass is 79.9. The van der Waals surface area contributed by atoms with E-state index >= 15 is 0 Å². The molecule has 25 heavy (non-hydrogen) atoms. The number of amides is 1. The molecule has 0 radical (unpaired) electrons. The molecule has 3 rings (SSSR count). The Kier molecular flexibility index (Phi) is 6.73. The van der Waals surface area contributed by atoms with Crippen LogP contribution in [0.15, 0.2) is 28.7 Å². The second-order valence-electron chi connectivity index (χ2n) is 6.91. The molecule has 1 saturated carbocycles. The summed E-state index contributed by atoms with van der Waals surface area (Å²) in [5.74, 6) is 0.642. The highest BCUT2D eigenvalue weighted by Crippen LogP contribution is 2.33. The normalized spacial score (nSPS) is 20.8. The second-order valence-corrected chi connectivity index (χ2v) is 7.82. The third-order valence-electron chi connectivity index (χ3n) is 5.25. The Morgan fingerprint density at radius 1 is 1.24 bits per heavy atom. The molecule has 1 N–H and O–H groups in total. The van der Waals surface area contributed by atoms with E-state index in [1.54, 1.807) is 0 Å². The topological polar surface area (TPSA) is 50.8 Å². The molecule has 1 aromatic rings. The summed E-state index contributed by atoms with van der Waals surface area (Å²) < 4.78 is 12.0. The highest BCUT2D eigenvalue weighted by molar-refractivity contribution is 9.10. The number of hydrogen-bond acceptors (Lipinski definition) is 4. The first-order valence-electron chi connectivity index (χ1n) is 9.16. The van der Waals surface area contributed by atoms with Crippen LogP contribution in [0.4, 0.5) is 0 Å². The van der Waals surface area contributed by atoms with Gasteiger partial charge in [-0.15, -0.1) is 0 Å². The number of halogens is 1. The molecular weight excluding hydrogens is 384 g/mol. The lowest BCUT2D eigenvalue weighted by Crippen LogP contribution is -2.60. The zero-order chi connectivity index (χ0) is 17.5. The van der Waals surface area contributed by atoms with E-state index in [2.05, 4.69) is 26.1 Å². The molecule has 1 aromatic carbocycles. The predicted octanol–water partition coefficient (Wildman–Crippen LogP) is 2.98. The average molecular weight is 411 g/mol. The van der Waals surface area contributed by atoms with E-state index in [1.807, 2.05) is 24.3 Å². The number of rotatable bonds is 6. The number of hydrogen-bond donors (Lipinski definition) is 1. The monoisotopic (exact) mass is 410 g/mol.